The Hall–Kier alpha value is -1.07. The summed E-state index contributed by atoms with van der Waals surface area (Å²) in [4.78, 5) is 0. The monoisotopic (exact) mass is 259 g/mol. The number of hydrogen-bond donors (Lipinski definition) is 1. The molecule has 1 aromatic carbocycles. The zero-order valence-corrected chi connectivity index (χ0v) is 9.96. The summed E-state index contributed by atoms with van der Waals surface area (Å²) in [6.07, 6.45) is -2.01. The van der Waals surface area contributed by atoms with Gasteiger partial charge in [0.15, 0.2) is 0 Å². The third kappa shape index (κ3) is 3.71. The van der Waals surface area contributed by atoms with Crippen molar-refractivity contribution in [3.63, 3.8) is 0 Å². The first kappa shape index (κ1) is 13.4. The van der Waals surface area contributed by atoms with Crippen molar-refractivity contribution in [1.29, 1.82) is 0 Å². The number of benzene rings is 1. The van der Waals surface area contributed by atoms with Gasteiger partial charge in [-0.3, -0.25) is 0 Å². The Morgan fingerprint density at radius 2 is 1.94 bits per heavy atom. The first-order valence-corrected chi connectivity index (χ1v) is 6.03. The molecule has 1 aliphatic rings. The van der Waals surface area contributed by atoms with Gasteiger partial charge >= 0.3 is 6.18 Å². The summed E-state index contributed by atoms with van der Waals surface area (Å²) in [5, 5.41) is 3.30. The molecule has 0 aromatic heterocycles. The van der Waals surface area contributed by atoms with Crippen molar-refractivity contribution < 1.29 is 17.9 Å². The van der Waals surface area contributed by atoms with Crippen LogP contribution >= 0.6 is 0 Å². The van der Waals surface area contributed by atoms with E-state index in [1.807, 2.05) is 0 Å². The molecule has 0 spiro atoms. The van der Waals surface area contributed by atoms with Crippen LogP contribution in [-0.4, -0.2) is 19.2 Å². The summed E-state index contributed by atoms with van der Waals surface area (Å²) in [6, 6.07) is 5.49. The molecule has 1 aromatic rings. The Labute approximate surface area is 104 Å². The molecule has 1 unspecified atom stereocenters. The topological polar surface area (TPSA) is 21.3 Å². The summed E-state index contributed by atoms with van der Waals surface area (Å²) in [7, 11) is 0. The number of hydrogen-bond acceptors (Lipinski definition) is 2. The quantitative estimate of drug-likeness (QED) is 0.897. The van der Waals surface area contributed by atoms with Gasteiger partial charge in [0.05, 0.1) is 18.8 Å². The van der Waals surface area contributed by atoms with E-state index < -0.39 is 11.7 Å². The molecule has 1 aliphatic heterocycles. The Balaban J connectivity index is 1.79. The Morgan fingerprint density at radius 3 is 2.50 bits per heavy atom. The van der Waals surface area contributed by atoms with E-state index in [4.69, 9.17) is 4.74 Å². The van der Waals surface area contributed by atoms with Crippen molar-refractivity contribution in [3.8, 4) is 0 Å². The highest BCUT2D eigenvalue weighted by atomic mass is 19.4. The van der Waals surface area contributed by atoms with E-state index in [0.717, 1.165) is 37.1 Å². The summed E-state index contributed by atoms with van der Waals surface area (Å²) in [5.41, 5.74) is 0.143. The molecule has 1 heterocycles. The molecule has 0 radical (unpaired) electrons. The number of ether oxygens (including phenoxy) is 1. The molecule has 1 atom stereocenters. The van der Waals surface area contributed by atoms with Crippen molar-refractivity contribution in [2.24, 2.45) is 0 Å². The minimum Gasteiger partial charge on any atom is -0.375 e. The second kappa shape index (κ2) is 5.71. The van der Waals surface area contributed by atoms with Crippen LogP contribution in [0, 0.1) is 0 Å². The highest BCUT2D eigenvalue weighted by Crippen LogP contribution is 2.29. The Kier molecular flexibility index (Phi) is 4.24. The van der Waals surface area contributed by atoms with Crippen LogP contribution in [0.5, 0.6) is 0 Å². The molecular weight excluding hydrogens is 243 g/mol. The predicted octanol–water partition coefficient (Wildman–Crippen LogP) is 2.97. The summed E-state index contributed by atoms with van der Waals surface area (Å²) in [6.45, 7) is 1.99. The van der Waals surface area contributed by atoms with Gasteiger partial charge in [-0.2, -0.15) is 13.2 Å². The zero-order chi connectivity index (χ0) is 13.0. The first-order chi connectivity index (χ1) is 8.55. The van der Waals surface area contributed by atoms with Gasteiger partial charge in [-0.15, -0.1) is 0 Å². The van der Waals surface area contributed by atoms with Crippen molar-refractivity contribution in [3.05, 3.63) is 35.4 Å². The van der Waals surface area contributed by atoms with Gasteiger partial charge in [-0.25, -0.2) is 0 Å². The second-order valence-electron chi connectivity index (χ2n) is 4.50. The number of nitrogens with one attached hydrogen (secondary N) is 1. The molecule has 2 nitrogen and oxygen atoms in total. The van der Waals surface area contributed by atoms with Gasteiger partial charge in [0.1, 0.15) is 0 Å². The molecule has 100 valence electrons. The van der Waals surface area contributed by atoms with Gasteiger partial charge in [0, 0.05) is 6.04 Å². The lowest BCUT2D eigenvalue weighted by molar-refractivity contribution is -0.137. The summed E-state index contributed by atoms with van der Waals surface area (Å²) in [5.74, 6) is 0. The van der Waals surface area contributed by atoms with Gasteiger partial charge < -0.3 is 10.1 Å². The standard InChI is InChI=1S/C13H16F3NO/c14-13(15,16)11-5-3-10(4-6-11)8-18-9-12-2-1-7-17-12/h3-6,12,17H,1-2,7-9H2. The number of halogens is 3. The van der Waals surface area contributed by atoms with Crippen LogP contribution in [0.25, 0.3) is 0 Å². The van der Waals surface area contributed by atoms with Crippen LogP contribution in [0.1, 0.15) is 24.0 Å². The third-order valence-corrected chi connectivity index (χ3v) is 3.03. The van der Waals surface area contributed by atoms with E-state index in [0.29, 0.717) is 19.3 Å². The van der Waals surface area contributed by atoms with Crippen LogP contribution in [0.2, 0.25) is 0 Å². The van der Waals surface area contributed by atoms with E-state index in [-0.39, 0.29) is 0 Å². The maximum atomic E-state index is 12.3. The highest BCUT2D eigenvalue weighted by Gasteiger charge is 2.29. The first-order valence-electron chi connectivity index (χ1n) is 6.03. The molecule has 1 fully saturated rings. The van der Waals surface area contributed by atoms with Crippen molar-refractivity contribution in [2.45, 2.75) is 31.7 Å². The fraction of sp³-hybridized carbons (Fsp3) is 0.538. The van der Waals surface area contributed by atoms with Gasteiger partial charge in [-0.1, -0.05) is 12.1 Å². The molecule has 18 heavy (non-hydrogen) atoms. The average Bonchev–Trinajstić information content (AvgIpc) is 2.82. The molecule has 0 bridgehead atoms. The average molecular weight is 259 g/mol. The van der Waals surface area contributed by atoms with Crippen molar-refractivity contribution >= 4 is 0 Å². The SMILES string of the molecule is FC(F)(F)c1ccc(COCC2CCCN2)cc1. The van der Waals surface area contributed by atoms with Crippen LogP contribution < -0.4 is 5.32 Å². The largest absolute Gasteiger partial charge is 0.416 e. The highest BCUT2D eigenvalue weighted by molar-refractivity contribution is 5.24. The molecule has 1 N–H and O–H groups in total. The van der Waals surface area contributed by atoms with Crippen molar-refractivity contribution in [1.82, 2.24) is 5.32 Å². The lowest BCUT2D eigenvalue weighted by Gasteiger charge is -2.11. The molecular formula is C13H16F3NO. The van der Waals surface area contributed by atoms with Crippen molar-refractivity contribution in [2.75, 3.05) is 13.2 Å². The van der Waals surface area contributed by atoms with Crippen LogP contribution in [-0.2, 0) is 17.5 Å². The fourth-order valence-electron chi connectivity index (χ4n) is 2.01. The van der Waals surface area contributed by atoms with E-state index >= 15 is 0 Å². The Morgan fingerprint density at radius 1 is 1.22 bits per heavy atom. The minimum atomic E-state index is -4.27. The zero-order valence-electron chi connectivity index (χ0n) is 9.96. The molecule has 0 amide bonds. The van der Waals surface area contributed by atoms with Gasteiger partial charge in [0.2, 0.25) is 0 Å². The fourth-order valence-corrected chi connectivity index (χ4v) is 2.01. The predicted molar refractivity (Wildman–Crippen MR) is 62.1 cm³/mol. The molecule has 0 saturated carbocycles. The van der Waals surface area contributed by atoms with Crippen LogP contribution in [0.4, 0.5) is 13.2 Å². The van der Waals surface area contributed by atoms with Gasteiger partial charge in [0.25, 0.3) is 0 Å². The van der Waals surface area contributed by atoms with Crippen LogP contribution in [0.3, 0.4) is 0 Å². The Bertz CT molecular complexity index is 369. The number of alkyl halides is 3. The minimum absolute atomic E-state index is 0.357. The van der Waals surface area contributed by atoms with E-state index in [1.165, 1.54) is 12.1 Å². The third-order valence-electron chi connectivity index (χ3n) is 3.03. The van der Waals surface area contributed by atoms with E-state index in [2.05, 4.69) is 5.32 Å². The summed E-state index contributed by atoms with van der Waals surface area (Å²) < 4.78 is 42.5. The van der Waals surface area contributed by atoms with E-state index in [1.54, 1.807) is 0 Å². The molecule has 1 saturated heterocycles. The maximum Gasteiger partial charge on any atom is 0.416 e. The second-order valence-corrected chi connectivity index (χ2v) is 4.50. The normalized spacial score (nSPS) is 20.3. The number of rotatable bonds is 4. The smallest absolute Gasteiger partial charge is 0.375 e. The maximum absolute atomic E-state index is 12.3. The molecule has 0 aliphatic carbocycles. The summed E-state index contributed by atoms with van der Waals surface area (Å²) >= 11 is 0. The van der Waals surface area contributed by atoms with E-state index in [9.17, 15) is 13.2 Å². The van der Waals surface area contributed by atoms with Crippen LogP contribution in [0.15, 0.2) is 24.3 Å². The van der Waals surface area contributed by atoms with Gasteiger partial charge in [-0.05, 0) is 37.1 Å². The lowest BCUT2D eigenvalue weighted by atomic mass is 10.1. The lowest BCUT2D eigenvalue weighted by Crippen LogP contribution is -2.26. The molecule has 5 heteroatoms. The molecule has 2 rings (SSSR count).